The van der Waals surface area contributed by atoms with Crippen molar-refractivity contribution in [1.82, 2.24) is 10.6 Å². The first-order valence-electron chi connectivity index (χ1n) is 9.70. The van der Waals surface area contributed by atoms with Crippen LogP contribution in [0.3, 0.4) is 0 Å². The molecule has 0 bridgehead atoms. The number of esters is 1. The Hall–Kier alpha value is -2.62. The van der Waals surface area contributed by atoms with E-state index in [1.165, 1.54) is 31.2 Å². The third-order valence-corrected chi connectivity index (χ3v) is 4.55. The summed E-state index contributed by atoms with van der Waals surface area (Å²) < 4.78 is 45.8. The molecule has 0 aromatic heterocycles. The number of carbonyl (C=O) groups excluding carboxylic acids is 3. The fourth-order valence-electron chi connectivity index (χ4n) is 2.99. The van der Waals surface area contributed by atoms with Crippen LogP contribution in [-0.2, 0) is 20.9 Å². The van der Waals surface area contributed by atoms with Gasteiger partial charge < -0.3 is 14.8 Å². The largest absolute Gasteiger partial charge is 0.449 e. The van der Waals surface area contributed by atoms with E-state index in [0.717, 1.165) is 32.1 Å². The van der Waals surface area contributed by atoms with E-state index in [9.17, 15) is 27.6 Å². The molecular weight excluding hydrogens is 405 g/mol. The van der Waals surface area contributed by atoms with E-state index in [1.54, 1.807) is 0 Å². The quantitative estimate of drug-likeness (QED) is 0.646. The van der Waals surface area contributed by atoms with E-state index in [0.29, 0.717) is 5.56 Å². The lowest BCUT2D eigenvalue weighted by Crippen LogP contribution is -2.48. The van der Waals surface area contributed by atoms with Gasteiger partial charge in [-0.2, -0.15) is 13.2 Å². The summed E-state index contributed by atoms with van der Waals surface area (Å²) in [6.07, 6.45) is -0.696. The van der Waals surface area contributed by atoms with Gasteiger partial charge in [-0.3, -0.25) is 10.1 Å². The maximum absolute atomic E-state index is 12.1. The highest BCUT2D eigenvalue weighted by Crippen LogP contribution is 2.17. The summed E-state index contributed by atoms with van der Waals surface area (Å²) in [5.41, 5.74) is 0.557. The third kappa shape index (κ3) is 8.40. The lowest BCUT2D eigenvalue weighted by atomic mass is 9.96. The van der Waals surface area contributed by atoms with Crippen molar-refractivity contribution in [3.63, 3.8) is 0 Å². The normalized spacial score (nSPS) is 15.9. The van der Waals surface area contributed by atoms with Gasteiger partial charge in [0, 0.05) is 6.04 Å². The van der Waals surface area contributed by atoms with Crippen molar-refractivity contribution in [3.05, 3.63) is 35.4 Å². The number of carbonyl (C=O) groups is 3. The van der Waals surface area contributed by atoms with E-state index in [4.69, 9.17) is 4.74 Å². The Morgan fingerprint density at radius 2 is 1.73 bits per heavy atom. The first-order chi connectivity index (χ1) is 14.1. The van der Waals surface area contributed by atoms with Gasteiger partial charge in [-0.25, -0.2) is 9.59 Å². The molecule has 0 heterocycles. The number of rotatable bonds is 7. The van der Waals surface area contributed by atoms with Gasteiger partial charge in [0.1, 0.15) is 6.61 Å². The number of amides is 3. The molecule has 1 unspecified atom stereocenters. The van der Waals surface area contributed by atoms with Crippen LogP contribution in [0.5, 0.6) is 0 Å². The summed E-state index contributed by atoms with van der Waals surface area (Å²) >= 11 is 0. The second-order valence-corrected chi connectivity index (χ2v) is 7.15. The van der Waals surface area contributed by atoms with Crippen molar-refractivity contribution >= 4 is 17.9 Å². The molecule has 0 spiro atoms. The maximum Gasteiger partial charge on any atom is 0.411 e. The number of imide groups is 1. The molecule has 0 saturated heterocycles. The Balaban J connectivity index is 1.76. The first kappa shape index (κ1) is 23.7. The van der Waals surface area contributed by atoms with Crippen molar-refractivity contribution in [2.75, 3.05) is 6.61 Å². The maximum atomic E-state index is 12.1. The van der Waals surface area contributed by atoms with Crippen LogP contribution in [0.1, 0.15) is 54.9 Å². The van der Waals surface area contributed by atoms with Crippen molar-refractivity contribution in [1.29, 1.82) is 0 Å². The predicted octanol–water partition coefficient (Wildman–Crippen LogP) is 3.47. The Labute approximate surface area is 172 Å². The molecular formula is C20H25F3N2O5. The van der Waals surface area contributed by atoms with Crippen LogP contribution in [0.15, 0.2) is 24.3 Å². The number of halogens is 3. The zero-order chi connectivity index (χ0) is 22.1. The average molecular weight is 430 g/mol. The highest BCUT2D eigenvalue weighted by molar-refractivity contribution is 5.98. The Morgan fingerprint density at radius 3 is 2.33 bits per heavy atom. The minimum absolute atomic E-state index is 0.0306. The molecule has 0 radical (unpaired) electrons. The monoisotopic (exact) mass is 430 g/mol. The number of alkyl halides is 3. The molecule has 1 fully saturated rings. The molecule has 30 heavy (non-hydrogen) atoms. The van der Waals surface area contributed by atoms with Crippen molar-refractivity contribution in [2.45, 2.75) is 64.0 Å². The van der Waals surface area contributed by atoms with Crippen molar-refractivity contribution < 1.29 is 37.0 Å². The number of hydrogen-bond donors (Lipinski definition) is 2. The van der Waals surface area contributed by atoms with Crippen LogP contribution in [0.4, 0.5) is 18.0 Å². The van der Waals surface area contributed by atoms with Gasteiger partial charge in [0.05, 0.1) is 12.2 Å². The van der Waals surface area contributed by atoms with Crippen molar-refractivity contribution in [3.8, 4) is 0 Å². The average Bonchev–Trinajstić information content (AvgIpc) is 2.68. The molecule has 1 aromatic carbocycles. The standard InChI is InChI=1S/C20H25F3N2O5/c1-13(17(26)25-19(28)24-16-5-3-2-4-6-16)30-18(27)15-9-7-14(8-10-15)11-29-12-20(21,22)23/h7-10,13,16H,2-6,11-12H2,1H3,(H2,24,25,26,28). The molecule has 10 heteroatoms. The summed E-state index contributed by atoms with van der Waals surface area (Å²) in [7, 11) is 0. The lowest BCUT2D eigenvalue weighted by Gasteiger charge is -2.23. The van der Waals surface area contributed by atoms with E-state index < -0.39 is 36.8 Å². The van der Waals surface area contributed by atoms with Crippen LogP contribution in [0.25, 0.3) is 0 Å². The fourth-order valence-corrected chi connectivity index (χ4v) is 2.99. The number of urea groups is 1. The second kappa shape index (κ2) is 11.0. The summed E-state index contributed by atoms with van der Waals surface area (Å²) in [4.78, 5) is 36.1. The smallest absolute Gasteiger partial charge is 0.411 e. The molecule has 2 rings (SSSR count). The van der Waals surface area contributed by atoms with Gasteiger partial charge in [-0.05, 0) is 37.5 Å². The molecule has 1 aliphatic rings. The van der Waals surface area contributed by atoms with E-state index in [2.05, 4.69) is 15.4 Å². The van der Waals surface area contributed by atoms with E-state index in [1.807, 2.05) is 0 Å². The number of benzene rings is 1. The van der Waals surface area contributed by atoms with Crippen LogP contribution >= 0.6 is 0 Å². The van der Waals surface area contributed by atoms with Crippen LogP contribution in [0.2, 0.25) is 0 Å². The van der Waals surface area contributed by atoms with E-state index in [-0.39, 0.29) is 18.2 Å². The molecule has 1 aromatic rings. The molecule has 166 valence electrons. The van der Waals surface area contributed by atoms with Crippen molar-refractivity contribution in [2.24, 2.45) is 0 Å². The van der Waals surface area contributed by atoms with Gasteiger partial charge in [0.15, 0.2) is 6.10 Å². The van der Waals surface area contributed by atoms with Crippen LogP contribution in [-0.4, -0.2) is 42.8 Å². The molecule has 1 atom stereocenters. The summed E-state index contributed by atoms with van der Waals surface area (Å²) in [6, 6.07) is 4.97. The third-order valence-electron chi connectivity index (χ3n) is 4.55. The van der Waals surface area contributed by atoms with E-state index >= 15 is 0 Å². The number of nitrogens with one attached hydrogen (secondary N) is 2. The fraction of sp³-hybridized carbons (Fsp3) is 0.550. The minimum atomic E-state index is -4.41. The topological polar surface area (TPSA) is 93.7 Å². The van der Waals surface area contributed by atoms with Gasteiger partial charge in [0.25, 0.3) is 5.91 Å². The molecule has 7 nitrogen and oxygen atoms in total. The Bertz CT molecular complexity index is 731. The Kier molecular flexibility index (Phi) is 8.64. The molecule has 3 amide bonds. The number of hydrogen-bond acceptors (Lipinski definition) is 5. The SMILES string of the molecule is CC(OC(=O)c1ccc(COCC(F)(F)F)cc1)C(=O)NC(=O)NC1CCCCC1. The molecule has 2 N–H and O–H groups in total. The summed E-state index contributed by atoms with van der Waals surface area (Å²) in [6.45, 7) is -0.290. The van der Waals surface area contributed by atoms with Gasteiger partial charge in [-0.1, -0.05) is 31.4 Å². The molecule has 1 saturated carbocycles. The van der Waals surface area contributed by atoms with Gasteiger partial charge in [-0.15, -0.1) is 0 Å². The van der Waals surface area contributed by atoms with Crippen LogP contribution in [0, 0.1) is 0 Å². The predicted molar refractivity (Wildman–Crippen MR) is 101 cm³/mol. The highest BCUT2D eigenvalue weighted by Gasteiger charge is 2.27. The summed E-state index contributed by atoms with van der Waals surface area (Å²) in [5.74, 6) is -1.55. The Morgan fingerprint density at radius 1 is 1.10 bits per heavy atom. The number of ether oxygens (including phenoxy) is 2. The summed E-state index contributed by atoms with van der Waals surface area (Å²) in [5, 5.41) is 4.88. The zero-order valence-electron chi connectivity index (χ0n) is 16.6. The van der Waals surface area contributed by atoms with Crippen LogP contribution < -0.4 is 10.6 Å². The zero-order valence-corrected chi connectivity index (χ0v) is 16.6. The molecule has 0 aliphatic heterocycles. The lowest BCUT2D eigenvalue weighted by molar-refractivity contribution is -0.176. The van der Waals surface area contributed by atoms with Gasteiger partial charge in [0.2, 0.25) is 0 Å². The second-order valence-electron chi connectivity index (χ2n) is 7.15. The molecule has 1 aliphatic carbocycles. The highest BCUT2D eigenvalue weighted by atomic mass is 19.4. The minimum Gasteiger partial charge on any atom is -0.449 e. The van der Waals surface area contributed by atoms with Gasteiger partial charge >= 0.3 is 18.2 Å². The first-order valence-corrected chi connectivity index (χ1v) is 9.70.